The van der Waals surface area contributed by atoms with Crippen LogP contribution in [0.1, 0.15) is 75.5 Å². The van der Waals surface area contributed by atoms with Crippen molar-refractivity contribution in [1.82, 2.24) is 19.9 Å². The lowest BCUT2D eigenvalue weighted by atomic mass is 9.95. The van der Waals surface area contributed by atoms with Crippen molar-refractivity contribution in [3.8, 4) is 28.7 Å². The van der Waals surface area contributed by atoms with Crippen LogP contribution in [-0.4, -0.2) is 90.0 Å². The Balaban J connectivity index is 1.33. The van der Waals surface area contributed by atoms with Crippen LogP contribution in [0.25, 0.3) is 32.9 Å². The van der Waals surface area contributed by atoms with Crippen LogP contribution in [0.2, 0.25) is 16.6 Å². The molecule has 13 heteroatoms. The number of nitrogens with zero attached hydrogens (tertiary/aromatic N) is 5. The minimum absolute atomic E-state index is 0.0383. The fraction of sp³-hybridized carbons (Fsp3) is 0.548. The Hall–Kier alpha value is -3.63. The van der Waals surface area contributed by atoms with Crippen molar-refractivity contribution >= 4 is 52.9 Å². The Morgan fingerprint density at radius 3 is 2.62 bits per heavy atom. The van der Waals surface area contributed by atoms with Crippen molar-refractivity contribution < 1.29 is 25.4 Å². The SMILES string of the molecule is [2H]C([2H])(Oc1nc(N2CCCO[C@H]3[C@H](Cl)[C@H]32)c2cnc(-c3cc(N)cc4ccc(F)c(C#C[Si](C(C)C)(C(C)C)C(C)C)c34)c(F)c2n1)[C@@]12CCCN1C[C@H](F)C2. The van der Waals surface area contributed by atoms with E-state index in [1.807, 2.05) is 9.80 Å². The van der Waals surface area contributed by atoms with Gasteiger partial charge in [-0.1, -0.05) is 53.5 Å². The molecule has 0 spiro atoms. The average Bonchev–Trinajstić information content (AvgIpc) is 3.50. The maximum Gasteiger partial charge on any atom is 0.319 e. The van der Waals surface area contributed by atoms with Crippen LogP contribution in [0.15, 0.2) is 30.5 Å². The minimum atomic E-state index is -2.42. The second-order valence-electron chi connectivity index (χ2n) is 16.7. The smallest absolute Gasteiger partial charge is 0.319 e. The monoisotopic (exact) mass is 792 g/mol. The number of anilines is 2. The first-order chi connectivity index (χ1) is 27.0. The van der Waals surface area contributed by atoms with Gasteiger partial charge in [0.15, 0.2) is 5.82 Å². The molecule has 3 aliphatic heterocycles. The third-order valence-electron chi connectivity index (χ3n) is 12.5. The maximum absolute atomic E-state index is 17.5. The summed E-state index contributed by atoms with van der Waals surface area (Å²) in [5.41, 5.74) is 10.1. The Labute approximate surface area is 330 Å². The van der Waals surface area contributed by atoms with E-state index in [9.17, 15) is 7.13 Å². The predicted octanol–water partition coefficient (Wildman–Crippen LogP) is 8.82. The largest absolute Gasteiger partial charge is 0.461 e. The van der Waals surface area contributed by atoms with Gasteiger partial charge in [0.25, 0.3) is 0 Å². The van der Waals surface area contributed by atoms with Gasteiger partial charge >= 0.3 is 6.01 Å². The molecule has 3 saturated heterocycles. The Morgan fingerprint density at radius 2 is 1.87 bits per heavy atom. The molecule has 2 N–H and O–H groups in total. The van der Waals surface area contributed by atoms with Gasteiger partial charge < -0.3 is 20.1 Å². The molecule has 8 nitrogen and oxygen atoms in total. The number of rotatable bonds is 8. The van der Waals surface area contributed by atoms with Gasteiger partial charge in [-0.3, -0.25) is 9.88 Å². The fourth-order valence-corrected chi connectivity index (χ4v) is 15.5. The number of pyridine rings is 1. The molecule has 4 aliphatic rings. The van der Waals surface area contributed by atoms with E-state index in [4.69, 9.17) is 31.8 Å². The first-order valence-electron chi connectivity index (χ1n) is 20.5. The number of nitrogen functional groups attached to an aromatic ring is 1. The molecule has 2 aromatic heterocycles. The molecular weight excluding hydrogens is 741 g/mol. The molecule has 0 unspecified atom stereocenters. The molecule has 292 valence electrons. The number of aromatic nitrogens is 3. The Kier molecular flexibility index (Phi) is 9.35. The van der Waals surface area contributed by atoms with Gasteiger partial charge in [-0.2, -0.15) is 9.97 Å². The number of hydrogen-bond donors (Lipinski definition) is 1. The summed E-state index contributed by atoms with van der Waals surface area (Å²) in [6.07, 6.45) is 1.68. The molecule has 4 aromatic rings. The van der Waals surface area contributed by atoms with E-state index in [0.29, 0.717) is 72.0 Å². The molecule has 5 atom stereocenters. The highest BCUT2D eigenvalue weighted by atomic mass is 35.5. The minimum Gasteiger partial charge on any atom is -0.461 e. The summed E-state index contributed by atoms with van der Waals surface area (Å²) in [6, 6.07) is 5.57. The number of benzene rings is 2. The Bertz CT molecular complexity index is 2290. The number of halogens is 4. The maximum atomic E-state index is 17.5. The summed E-state index contributed by atoms with van der Waals surface area (Å²) >= 11 is 6.69. The third-order valence-corrected chi connectivity index (χ3v) is 19.3. The van der Waals surface area contributed by atoms with Gasteiger partial charge in [0.05, 0.1) is 36.8 Å². The molecule has 2 aromatic carbocycles. The van der Waals surface area contributed by atoms with Gasteiger partial charge in [-0.15, -0.1) is 17.1 Å². The normalized spacial score (nSPS) is 26.2. The first-order valence-corrected chi connectivity index (χ1v) is 22.2. The van der Waals surface area contributed by atoms with Crippen molar-refractivity contribution in [1.29, 1.82) is 0 Å². The standard InChI is InChI=1S/C42H50ClF3N6O2Si/c1-23(2)55(24(3)4,25(5)6)16-11-29-32(45)10-9-26-17-28(47)18-30(33(26)29)36-35(46)37-31(20-48-36)40(52-14-8-15-53-39-34(43)38(39)52)50-41(49-37)54-22-42-12-7-13-51(42)21-27(44)19-42/h9-10,17-18,20,23-25,27,34,38-39H,7-8,12-15,19,21-22,47H2,1-6H3/t27-,34-,38-,39+,42+/m1/s1/i22D2. The van der Waals surface area contributed by atoms with Crippen molar-refractivity contribution in [3.63, 3.8) is 0 Å². The van der Waals surface area contributed by atoms with Crippen LogP contribution in [0, 0.1) is 23.1 Å². The lowest BCUT2D eigenvalue weighted by Crippen LogP contribution is -2.43. The van der Waals surface area contributed by atoms with Crippen LogP contribution in [0.4, 0.5) is 24.7 Å². The lowest BCUT2D eigenvalue weighted by molar-refractivity contribution is 0.107. The average molecular weight is 793 g/mol. The van der Waals surface area contributed by atoms with Crippen LogP contribution < -0.4 is 15.4 Å². The molecule has 55 heavy (non-hydrogen) atoms. The van der Waals surface area contributed by atoms with Crippen LogP contribution in [0.5, 0.6) is 6.01 Å². The lowest BCUT2D eigenvalue weighted by Gasteiger charge is -2.38. The highest BCUT2D eigenvalue weighted by Gasteiger charge is 2.56. The summed E-state index contributed by atoms with van der Waals surface area (Å²) in [5, 5.41) is 0.865. The molecule has 8 rings (SSSR count). The van der Waals surface area contributed by atoms with E-state index in [2.05, 4.69) is 63.0 Å². The van der Waals surface area contributed by atoms with Crippen LogP contribution in [0.3, 0.4) is 0 Å². The van der Waals surface area contributed by atoms with Gasteiger partial charge in [0, 0.05) is 49.0 Å². The summed E-state index contributed by atoms with van der Waals surface area (Å²) < 4.78 is 78.9. The van der Waals surface area contributed by atoms with Crippen LogP contribution >= 0.6 is 11.6 Å². The zero-order valence-electron chi connectivity index (χ0n) is 34.2. The van der Waals surface area contributed by atoms with E-state index >= 15 is 8.78 Å². The van der Waals surface area contributed by atoms with Crippen molar-refractivity contribution in [3.05, 3.63) is 47.7 Å². The quantitative estimate of drug-likeness (QED) is 0.0820. The highest BCUT2D eigenvalue weighted by Crippen LogP contribution is 2.46. The molecule has 4 fully saturated rings. The molecule has 1 aliphatic carbocycles. The van der Waals surface area contributed by atoms with Crippen LogP contribution in [-0.2, 0) is 4.74 Å². The molecule has 0 amide bonds. The summed E-state index contributed by atoms with van der Waals surface area (Å²) in [6.45, 7) is 12.3. The van der Waals surface area contributed by atoms with Gasteiger partial charge in [-0.05, 0) is 66.0 Å². The first kappa shape index (κ1) is 35.8. The van der Waals surface area contributed by atoms with Crippen molar-refractivity contribution in [2.45, 2.75) is 113 Å². The van der Waals surface area contributed by atoms with Crippen molar-refractivity contribution in [2.75, 3.05) is 43.4 Å². The number of alkyl halides is 2. The molecule has 0 radical (unpaired) electrons. The van der Waals surface area contributed by atoms with E-state index in [-0.39, 0.29) is 64.0 Å². The van der Waals surface area contributed by atoms with E-state index in [1.54, 1.807) is 18.2 Å². The number of ether oxygens (including phenoxy) is 2. The molecule has 1 saturated carbocycles. The predicted molar refractivity (Wildman–Crippen MR) is 216 cm³/mol. The second kappa shape index (κ2) is 14.4. The van der Waals surface area contributed by atoms with Gasteiger partial charge in [-0.25, -0.2) is 13.2 Å². The van der Waals surface area contributed by atoms with E-state index in [1.165, 1.54) is 12.3 Å². The van der Waals surface area contributed by atoms with E-state index in [0.717, 1.165) is 0 Å². The van der Waals surface area contributed by atoms with E-state index < -0.39 is 44.0 Å². The zero-order chi connectivity index (χ0) is 40.8. The molecule has 5 heterocycles. The topological polar surface area (TPSA) is 89.6 Å². The number of hydrogen-bond acceptors (Lipinski definition) is 8. The number of fused-ring (bicyclic) bond motifs is 4. The Morgan fingerprint density at radius 1 is 1.11 bits per heavy atom. The summed E-state index contributed by atoms with van der Waals surface area (Å²) in [4.78, 5) is 17.7. The highest BCUT2D eigenvalue weighted by molar-refractivity contribution is 6.90. The second-order valence-corrected chi connectivity index (χ2v) is 22.7. The zero-order valence-corrected chi connectivity index (χ0v) is 34.0. The third kappa shape index (κ3) is 6.43. The fourth-order valence-electron chi connectivity index (χ4n) is 9.88. The van der Waals surface area contributed by atoms with Crippen molar-refractivity contribution in [2.24, 2.45) is 0 Å². The van der Waals surface area contributed by atoms with Gasteiger partial charge in [0.1, 0.15) is 43.7 Å². The molecular formula is C42H50ClF3N6O2Si. The molecule has 0 bridgehead atoms. The number of nitrogens with two attached hydrogens (primary N) is 1. The summed E-state index contributed by atoms with van der Waals surface area (Å²) in [7, 11) is -2.31. The summed E-state index contributed by atoms with van der Waals surface area (Å²) in [5.74, 6) is 2.16. The van der Waals surface area contributed by atoms with Gasteiger partial charge in [0.2, 0.25) is 0 Å².